The molecule has 0 amide bonds. The standard InChI is InChI=1S/C14H9F4NO2/c1-21-13(20)9-6-12(19-7-11(9)15)8-4-2-3-5-10(8)14(16,17)18/h2-7H,1H3. The lowest BCUT2D eigenvalue weighted by molar-refractivity contribution is -0.137. The number of pyridine rings is 1. The summed E-state index contributed by atoms with van der Waals surface area (Å²) in [5.74, 6) is -1.95. The lowest BCUT2D eigenvalue weighted by Crippen LogP contribution is -2.09. The Morgan fingerprint density at radius 2 is 1.90 bits per heavy atom. The zero-order valence-electron chi connectivity index (χ0n) is 10.7. The van der Waals surface area contributed by atoms with Gasteiger partial charge in [-0.2, -0.15) is 13.2 Å². The summed E-state index contributed by atoms with van der Waals surface area (Å²) in [5.41, 5.74) is -1.79. The lowest BCUT2D eigenvalue weighted by Gasteiger charge is -2.12. The van der Waals surface area contributed by atoms with Crippen molar-refractivity contribution in [1.29, 1.82) is 0 Å². The smallest absolute Gasteiger partial charge is 0.417 e. The van der Waals surface area contributed by atoms with Gasteiger partial charge in [-0.15, -0.1) is 0 Å². The largest absolute Gasteiger partial charge is 0.465 e. The van der Waals surface area contributed by atoms with Gasteiger partial charge in [0, 0.05) is 5.56 Å². The third-order valence-corrected chi connectivity index (χ3v) is 2.77. The molecule has 0 aliphatic heterocycles. The van der Waals surface area contributed by atoms with Gasteiger partial charge in [0.2, 0.25) is 0 Å². The van der Waals surface area contributed by atoms with Crippen LogP contribution < -0.4 is 0 Å². The Hall–Kier alpha value is -2.44. The molecular formula is C14H9F4NO2. The topological polar surface area (TPSA) is 39.2 Å². The molecule has 2 rings (SSSR count). The zero-order valence-corrected chi connectivity index (χ0v) is 10.7. The van der Waals surface area contributed by atoms with E-state index >= 15 is 0 Å². The van der Waals surface area contributed by atoms with Crippen molar-refractivity contribution < 1.29 is 27.1 Å². The van der Waals surface area contributed by atoms with Crippen LogP contribution in [0.25, 0.3) is 11.3 Å². The van der Waals surface area contributed by atoms with Crippen molar-refractivity contribution in [3.63, 3.8) is 0 Å². The molecule has 1 heterocycles. The number of methoxy groups -OCH3 is 1. The molecule has 21 heavy (non-hydrogen) atoms. The van der Waals surface area contributed by atoms with Crippen LogP contribution in [0, 0.1) is 5.82 Å². The van der Waals surface area contributed by atoms with Crippen molar-refractivity contribution in [1.82, 2.24) is 4.98 Å². The Bertz CT molecular complexity index is 683. The van der Waals surface area contributed by atoms with E-state index in [9.17, 15) is 22.4 Å². The van der Waals surface area contributed by atoms with E-state index in [4.69, 9.17) is 0 Å². The molecule has 0 fully saturated rings. The minimum absolute atomic E-state index is 0.162. The average Bonchev–Trinajstić information content (AvgIpc) is 2.46. The number of hydrogen-bond donors (Lipinski definition) is 0. The highest BCUT2D eigenvalue weighted by molar-refractivity contribution is 5.90. The van der Waals surface area contributed by atoms with Crippen molar-refractivity contribution in [2.24, 2.45) is 0 Å². The monoisotopic (exact) mass is 299 g/mol. The number of carbonyl (C=O) groups is 1. The van der Waals surface area contributed by atoms with Gasteiger partial charge in [-0.3, -0.25) is 4.98 Å². The average molecular weight is 299 g/mol. The van der Waals surface area contributed by atoms with Gasteiger partial charge in [0.05, 0.1) is 30.1 Å². The van der Waals surface area contributed by atoms with Gasteiger partial charge in [0.15, 0.2) is 5.82 Å². The first-order chi connectivity index (χ1) is 9.84. The quantitative estimate of drug-likeness (QED) is 0.627. The van der Waals surface area contributed by atoms with Crippen molar-refractivity contribution in [3.05, 3.63) is 53.5 Å². The number of halogens is 4. The summed E-state index contributed by atoms with van der Waals surface area (Å²) in [7, 11) is 1.05. The summed E-state index contributed by atoms with van der Waals surface area (Å²) in [5, 5.41) is 0. The first-order valence-electron chi connectivity index (χ1n) is 5.75. The van der Waals surface area contributed by atoms with Crippen LogP contribution >= 0.6 is 0 Å². The molecule has 0 aliphatic rings. The highest BCUT2D eigenvalue weighted by Gasteiger charge is 2.33. The van der Waals surface area contributed by atoms with Crippen LogP contribution in [0.3, 0.4) is 0 Å². The fourth-order valence-electron chi connectivity index (χ4n) is 1.81. The van der Waals surface area contributed by atoms with Crippen molar-refractivity contribution in [2.45, 2.75) is 6.18 Å². The van der Waals surface area contributed by atoms with Gasteiger partial charge in [0.1, 0.15) is 0 Å². The molecule has 0 saturated carbocycles. The molecule has 3 nitrogen and oxygen atoms in total. The third-order valence-electron chi connectivity index (χ3n) is 2.77. The van der Waals surface area contributed by atoms with Crippen LogP contribution in [-0.4, -0.2) is 18.1 Å². The molecule has 0 radical (unpaired) electrons. The van der Waals surface area contributed by atoms with E-state index in [0.717, 1.165) is 19.2 Å². The summed E-state index contributed by atoms with van der Waals surface area (Å²) < 4.78 is 56.7. The predicted molar refractivity (Wildman–Crippen MR) is 66.0 cm³/mol. The molecule has 0 bridgehead atoms. The summed E-state index contributed by atoms with van der Waals surface area (Å²) in [6.07, 6.45) is -3.90. The van der Waals surface area contributed by atoms with Crippen LogP contribution in [-0.2, 0) is 10.9 Å². The molecule has 0 N–H and O–H groups in total. The highest BCUT2D eigenvalue weighted by Crippen LogP contribution is 2.36. The van der Waals surface area contributed by atoms with Crippen LogP contribution in [0.5, 0.6) is 0 Å². The first kappa shape index (κ1) is 15.0. The second-order valence-corrected chi connectivity index (χ2v) is 4.08. The molecule has 0 atom stereocenters. The van der Waals surface area contributed by atoms with Crippen molar-refractivity contribution >= 4 is 5.97 Å². The number of aromatic nitrogens is 1. The number of ether oxygens (including phenoxy) is 1. The van der Waals surface area contributed by atoms with E-state index in [1.165, 1.54) is 18.2 Å². The minimum atomic E-state index is -4.59. The summed E-state index contributed by atoms with van der Waals surface area (Å²) in [6.45, 7) is 0. The molecule has 7 heteroatoms. The molecule has 0 unspecified atom stereocenters. The zero-order chi connectivity index (χ0) is 15.6. The molecule has 110 valence electrons. The van der Waals surface area contributed by atoms with Gasteiger partial charge >= 0.3 is 12.1 Å². The fraction of sp³-hybridized carbons (Fsp3) is 0.143. The molecule has 0 aliphatic carbocycles. The number of esters is 1. The number of carbonyl (C=O) groups excluding carboxylic acids is 1. The number of alkyl halides is 3. The van der Waals surface area contributed by atoms with Crippen LogP contribution in [0.2, 0.25) is 0 Å². The number of benzene rings is 1. The van der Waals surface area contributed by atoms with E-state index < -0.39 is 29.1 Å². The molecule has 2 aromatic rings. The molecule has 0 saturated heterocycles. The van der Waals surface area contributed by atoms with Crippen LogP contribution in [0.4, 0.5) is 17.6 Å². The Kier molecular flexibility index (Phi) is 3.93. The van der Waals surface area contributed by atoms with Gasteiger partial charge in [-0.25, -0.2) is 9.18 Å². The van der Waals surface area contributed by atoms with E-state index in [-0.39, 0.29) is 11.3 Å². The lowest BCUT2D eigenvalue weighted by atomic mass is 10.0. The van der Waals surface area contributed by atoms with E-state index in [1.54, 1.807) is 0 Å². The van der Waals surface area contributed by atoms with Crippen LogP contribution in [0.1, 0.15) is 15.9 Å². The van der Waals surface area contributed by atoms with Crippen molar-refractivity contribution in [2.75, 3.05) is 7.11 Å². The first-order valence-corrected chi connectivity index (χ1v) is 5.75. The third kappa shape index (κ3) is 3.01. The highest BCUT2D eigenvalue weighted by atomic mass is 19.4. The summed E-state index contributed by atoms with van der Waals surface area (Å²) >= 11 is 0. The maximum atomic E-state index is 13.5. The molecule has 1 aromatic carbocycles. The minimum Gasteiger partial charge on any atom is -0.465 e. The van der Waals surface area contributed by atoms with E-state index in [0.29, 0.717) is 6.20 Å². The van der Waals surface area contributed by atoms with Gasteiger partial charge in [-0.05, 0) is 12.1 Å². The maximum absolute atomic E-state index is 13.5. The Labute approximate surface area is 117 Å². The molecule has 1 aromatic heterocycles. The maximum Gasteiger partial charge on any atom is 0.417 e. The summed E-state index contributed by atoms with van der Waals surface area (Å²) in [4.78, 5) is 15.0. The van der Waals surface area contributed by atoms with Crippen LogP contribution in [0.15, 0.2) is 36.5 Å². The number of rotatable bonds is 2. The number of hydrogen-bond acceptors (Lipinski definition) is 3. The SMILES string of the molecule is COC(=O)c1cc(-c2ccccc2C(F)(F)F)ncc1F. The predicted octanol–water partition coefficient (Wildman–Crippen LogP) is 3.69. The Morgan fingerprint density at radius 1 is 1.24 bits per heavy atom. The second kappa shape index (κ2) is 5.51. The van der Waals surface area contributed by atoms with Crippen molar-refractivity contribution in [3.8, 4) is 11.3 Å². The molecule has 0 spiro atoms. The Morgan fingerprint density at radius 3 is 2.52 bits per heavy atom. The second-order valence-electron chi connectivity index (χ2n) is 4.08. The molecular weight excluding hydrogens is 290 g/mol. The van der Waals surface area contributed by atoms with E-state index in [1.807, 2.05) is 0 Å². The fourth-order valence-corrected chi connectivity index (χ4v) is 1.81. The van der Waals surface area contributed by atoms with Gasteiger partial charge < -0.3 is 4.74 Å². The number of nitrogens with zero attached hydrogens (tertiary/aromatic N) is 1. The summed E-state index contributed by atoms with van der Waals surface area (Å²) in [6, 6.07) is 5.65. The normalized spacial score (nSPS) is 11.3. The van der Waals surface area contributed by atoms with Gasteiger partial charge in [0.25, 0.3) is 0 Å². The van der Waals surface area contributed by atoms with E-state index in [2.05, 4.69) is 9.72 Å². The Balaban J connectivity index is 2.61. The van der Waals surface area contributed by atoms with Gasteiger partial charge in [-0.1, -0.05) is 18.2 Å².